The number of benzene rings is 3. The lowest BCUT2D eigenvalue weighted by atomic mass is 10.0. The SMILES string of the molecule is CNC(=O)[C@@H](Cc1ccccc1)N(Cc1ccc(C)cc1)C(=O)COc1ccccc1C. The lowest BCUT2D eigenvalue weighted by molar-refractivity contribution is -0.142. The van der Waals surface area contributed by atoms with Gasteiger partial charge in [-0.05, 0) is 36.6 Å². The first-order valence-electron chi connectivity index (χ1n) is 10.8. The summed E-state index contributed by atoms with van der Waals surface area (Å²) in [4.78, 5) is 27.9. The fraction of sp³-hybridized carbons (Fsp3) is 0.259. The van der Waals surface area contributed by atoms with E-state index in [2.05, 4.69) is 5.32 Å². The van der Waals surface area contributed by atoms with Gasteiger partial charge in [-0.25, -0.2) is 0 Å². The summed E-state index contributed by atoms with van der Waals surface area (Å²) < 4.78 is 5.83. The van der Waals surface area contributed by atoms with Crippen molar-refractivity contribution in [3.05, 3.63) is 101 Å². The van der Waals surface area contributed by atoms with E-state index in [9.17, 15) is 9.59 Å². The average Bonchev–Trinajstić information content (AvgIpc) is 2.82. The highest BCUT2D eigenvalue weighted by atomic mass is 16.5. The number of hydrogen-bond acceptors (Lipinski definition) is 3. The number of ether oxygens (including phenoxy) is 1. The van der Waals surface area contributed by atoms with Crippen LogP contribution in [0.3, 0.4) is 0 Å². The predicted molar refractivity (Wildman–Crippen MR) is 126 cm³/mol. The van der Waals surface area contributed by atoms with Gasteiger partial charge in [0.2, 0.25) is 5.91 Å². The molecule has 0 saturated carbocycles. The molecule has 5 nitrogen and oxygen atoms in total. The number of carbonyl (C=O) groups is 2. The van der Waals surface area contributed by atoms with Gasteiger partial charge in [-0.2, -0.15) is 0 Å². The van der Waals surface area contributed by atoms with Crippen molar-refractivity contribution in [2.24, 2.45) is 0 Å². The lowest BCUT2D eigenvalue weighted by Crippen LogP contribution is -2.51. The molecule has 3 aromatic carbocycles. The van der Waals surface area contributed by atoms with Crippen molar-refractivity contribution in [3.63, 3.8) is 0 Å². The molecule has 0 bridgehead atoms. The molecule has 2 amide bonds. The summed E-state index contributed by atoms with van der Waals surface area (Å²) in [5, 5.41) is 2.72. The van der Waals surface area contributed by atoms with Crippen molar-refractivity contribution in [3.8, 4) is 5.75 Å². The molecule has 0 heterocycles. The summed E-state index contributed by atoms with van der Waals surface area (Å²) in [6.45, 7) is 4.14. The third-order valence-corrected chi connectivity index (χ3v) is 5.44. The van der Waals surface area contributed by atoms with Gasteiger partial charge in [0.15, 0.2) is 6.61 Å². The third-order valence-electron chi connectivity index (χ3n) is 5.44. The number of likely N-dealkylation sites (N-methyl/N-ethyl adjacent to an activating group) is 1. The quantitative estimate of drug-likeness (QED) is 0.557. The van der Waals surface area contributed by atoms with E-state index < -0.39 is 6.04 Å². The van der Waals surface area contributed by atoms with Gasteiger partial charge < -0.3 is 15.0 Å². The van der Waals surface area contributed by atoms with E-state index >= 15 is 0 Å². The molecule has 1 atom stereocenters. The van der Waals surface area contributed by atoms with Crippen molar-refractivity contribution >= 4 is 11.8 Å². The van der Waals surface area contributed by atoms with Crippen LogP contribution in [0.15, 0.2) is 78.9 Å². The van der Waals surface area contributed by atoms with E-state index in [4.69, 9.17) is 4.74 Å². The minimum atomic E-state index is -0.656. The molecule has 0 fully saturated rings. The molecule has 0 aliphatic carbocycles. The lowest BCUT2D eigenvalue weighted by Gasteiger charge is -2.31. The number of nitrogens with one attached hydrogen (secondary N) is 1. The highest BCUT2D eigenvalue weighted by Gasteiger charge is 2.30. The maximum atomic E-state index is 13.4. The van der Waals surface area contributed by atoms with Gasteiger partial charge in [-0.3, -0.25) is 9.59 Å². The normalized spacial score (nSPS) is 11.5. The zero-order valence-electron chi connectivity index (χ0n) is 18.9. The van der Waals surface area contributed by atoms with Crippen LogP contribution < -0.4 is 10.1 Å². The average molecular weight is 431 g/mol. The van der Waals surface area contributed by atoms with E-state index in [1.807, 2.05) is 92.7 Å². The van der Waals surface area contributed by atoms with Crippen LogP contribution in [0.2, 0.25) is 0 Å². The Morgan fingerprint density at radius 1 is 0.875 bits per heavy atom. The van der Waals surface area contributed by atoms with Gasteiger partial charge in [-0.1, -0.05) is 78.4 Å². The molecule has 0 spiro atoms. The first kappa shape index (κ1) is 23.1. The summed E-state index contributed by atoms with van der Waals surface area (Å²) >= 11 is 0. The van der Waals surface area contributed by atoms with Crippen LogP contribution in [0, 0.1) is 13.8 Å². The second-order valence-electron chi connectivity index (χ2n) is 7.88. The number of para-hydroxylation sites is 1. The largest absolute Gasteiger partial charge is 0.484 e. The van der Waals surface area contributed by atoms with Crippen LogP contribution in [-0.4, -0.2) is 36.4 Å². The Morgan fingerprint density at radius 2 is 1.53 bits per heavy atom. The molecular formula is C27H30N2O3. The standard InChI is InChI=1S/C27H30N2O3/c1-20-13-15-23(16-14-20)18-29(26(30)19-32-25-12-8-7-9-21(25)2)24(27(31)28-3)17-22-10-5-4-6-11-22/h4-16,24H,17-19H2,1-3H3,(H,28,31)/t24-/m1/s1. The molecule has 3 rings (SSSR count). The van der Waals surface area contributed by atoms with Crippen LogP contribution in [0.5, 0.6) is 5.75 Å². The molecule has 0 aliphatic heterocycles. The predicted octanol–water partition coefficient (Wildman–Crippen LogP) is 4.07. The van der Waals surface area contributed by atoms with E-state index in [-0.39, 0.29) is 18.4 Å². The molecule has 166 valence electrons. The zero-order chi connectivity index (χ0) is 22.9. The zero-order valence-corrected chi connectivity index (χ0v) is 18.9. The molecule has 5 heteroatoms. The first-order valence-corrected chi connectivity index (χ1v) is 10.8. The Bertz CT molecular complexity index is 1030. The number of amides is 2. The maximum Gasteiger partial charge on any atom is 0.261 e. The van der Waals surface area contributed by atoms with Gasteiger partial charge in [-0.15, -0.1) is 0 Å². The fourth-order valence-corrected chi connectivity index (χ4v) is 3.55. The topological polar surface area (TPSA) is 58.6 Å². The van der Waals surface area contributed by atoms with E-state index in [1.54, 1.807) is 11.9 Å². The Labute approximate surface area is 190 Å². The first-order chi connectivity index (χ1) is 15.5. The summed E-state index contributed by atoms with van der Waals surface area (Å²) in [5.74, 6) is 0.222. The van der Waals surface area contributed by atoms with Crippen LogP contribution in [0.1, 0.15) is 22.3 Å². The Kier molecular flexibility index (Phi) is 8.03. The second-order valence-corrected chi connectivity index (χ2v) is 7.88. The van der Waals surface area contributed by atoms with Crippen molar-refractivity contribution in [1.29, 1.82) is 0 Å². The van der Waals surface area contributed by atoms with Crippen molar-refractivity contribution in [2.45, 2.75) is 32.9 Å². The number of rotatable bonds is 9. The molecule has 3 aromatic rings. The van der Waals surface area contributed by atoms with Gasteiger partial charge in [0.25, 0.3) is 5.91 Å². The van der Waals surface area contributed by atoms with Crippen molar-refractivity contribution < 1.29 is 14.3 Å². The number of carbonyl (C=O) groups excluding carboxylic acids is 2. The van der Waals surface area contributed by atoms with Gasteiger partial charge in [0, 0.05) is 20.0 Å². The molecule has 1 N–H and O–H groups in total. The summed E-state index contributed by atoms with van der Waals surface area (Å²) in [6.07, 6.45) is 0.419. The molecule has 0 saturated heterocycles. The Morgan fingerprint density at radius 3 is 2.19 bits per heavy atom. The number of nitrogens with zero attached hydrogens (tertiary/aromatic N) is 1. The van der Waals surface area contributed by atoms with Gasteiger partial charge in [0.1, 0.15) is 11.8 Å². The Hall–Kier alpha value is -3.60. The smallest absolute Gasteiger partial charge is 0.261 e. The fourth-order valence-electron chi connectivity index (χ4n) is 3.55. The molecule has 32 heavy (non-hydrogen) atoms. The third kappa shape index (κ3) is 6.20. The monoisotopic (exact) mass is 430 g/mol. The second kappa shape index (κ2) is 11.1. The van der Waals surface area contributed by atoms with E-state index in [1.165, 1.54) is 0 Å². The van der Waals surface area contributed by atoms with Crippen LogP contribution in [0.25, 0.3) is 0 Å². The molecule has 0 radical (unpaired) electrons. The summed E-state index contributed by atoms with van der Waals surface area (Å²) in [7, 11) is 1.60. The minimum absolute atomic E-state index is 0.140. The van der Waals surface area contributed by atoms with Crippen molar-refractivity contribution in [2.75, 3.05) is 13.7 Å². The summed E-state index contributed by atoms with van der Waals surface area (Å²) in [6, 6.07) is 24.6. The van der Waals surface area contributed by atoms with Crippen LogP contribution in [-0.2, 0) is 22.6 Å². The summed E-state index contributed by atoms with van der Waals surface area (Å²) in [5.41, 5.74) is 4.05. The number of aryl methyl sites for hydroxylation is 2. The number of hydrogen-bond donors (Lipinski definition) is 1. The molecule has 0 unspecified atom stereocenters. The molecule has 0 aromatic heterocycles. The minimum Gasteiger partial charge on any atom is -0.484 e. The van der Waals surface area contributed by atoms with Crippen LogP contribution in [0.4, 0.5) is 0 Å². The van der Waals surface area contributed by atoms with E-state index in [0.717, 1.165) is 22.3 Å². The van der Waals surface area contributed by atoms with Crippen LogP contribution >= 0.6 is 0 Å². The Balaban J connectivity index is 1.87. The van der Waals surface area contributed by atoms with E-state index in [0.29, 0.717) is 18.7 Å². The van der Waals surface area contributed by atoms with Gasteiger partial charge >= 0.3 is 0 Å². The van der Waals surface area contributed by atoms with Gasteiger partial charge in [0.05, 0.1) is 0 Å². The van der Waals surface area contributed by atoms with Crippen molar-refractivity contribution in [1.82, 2.24) is 10.2 Å². The molecular weight excluding hydrogens is 400 g/mol. The molecule has 0 aliphatic rings. The highest BCUT2D eigenvalue weighted by Crippen LogP contribution is 2.18. The highest BCUT2D eigenvalue weighted by molar-refractivity contribution is 5.88. The maximum absolute atomic E-state index is 13.4.